The van der Waals surface area contributed by atoms with Crippen LogP contribution in [0.1, 0.15) is 16.8 Å². The summed E-state index contributed by atoms with van der Waals surface area (Å²) in [5, 5.41) is 9.52. The van der Waals surface area contributed by atoms with Gasteiger partial charge in [0, 0.05) is 24.2 Å². The minimum atomic E-state index is -4.69. The number of aliphatic hydroxyl groups excluding tert-OH is 1. The summed E-state index contributed by atoms with van der Waals surface area (Å²) in [5.74, 6) is -0.226. The predicted molar refractivity (Wildman–Crippen MR) is 116 cm³/mol. The van der Waals surface area contributed by atoms with Crippen LogP contribution in [0.5, 0.6) is 5.88 Å². The lowest BCUT2D eigenvalue weighted by molar-refractivity contribution is -0.144. The summed E-state index contributed by atoms with van der Waals surface area (Å²) in [6.07, 6.45) is -5.57. The van der Waals surface area contributed by atoms with Gasteiger partial charge < -0.3 is 19.3 Å². The molecule has 0 aliphatic rings. The molecule has 170 valence electrons. The average Bonchev–Trinajstić information content (AvgIpc) is 3.00. The van der Waals surface area contributed by atoms with Crippen LogP contribution >= 0.6 is 11.6 Å². The van der Waals surface area contributed by atoms with Crippen molar-refractivity contribution in [3.63, 3.8) is 0 Å². The Hall–Kier alpha value is -2.97. The van der Waals surface area contributed by atoms with E-state index in [0.717, 1.165) is 9.47 Å². The maximum absolute atomic E-state index is 14.2. The second-order valence-electron chi connectivity index (χ2n) is 7.24. The van der Waals surface area contributed by atoms with Gasteiger partial charge in [-0.2, -0.15) is 13.2 Å². The second-order valence-corrected chi connectivity index (χ2v) is 7.68. The fourth-order valence-electron chi connectivity index (χ4n) is 3.46. The van der Waals surface area contributed by atoms with Gasteiger partial charge in [-0.15, -0.1) is 0 Å². The fraction of sp³-hybridized carbons (Fsp3) is 0.261. The van der Waals surface area contributed by atoms with Crippen molar-refractivity contribution in [2.24, 2.45) is 0 Å². The van der Waals surface area contributed by atoms with Gasteiger partial charge in [0.25, 0.3) is 0 Å². The molecule has 2 aromatic carbocycles. The third-order valence-corrected chi connectivity index (χ3v) is 5.23. The fourth-order valence-corrected chi connectivity index (χ4v) is 3.59. The molecular weight excluding hydrogens is 445 g/mol. The molecule has 0 aliphatic heterocycles. The van der Waals surface area contributed by atoms with E-state index in [-0.39, 0.29) is 36.7 Å². The predicted octanol–water partition coefficient (Wildman–Crippen LogP) is 5.61. The highest BCUT2D eigenvalue weighted by molar-refractivity contribution is 6.30. The van der Waals surface area contributed by atoms with Crippen LogP contribution in [0, 0.1) is 6.92 Å². The number of rotatable bonds is 6. The number of aliphatic hydroxyl groups is 1. The van der Waals surface area contributed by atoms with Crippen molar-refractivity contribution in [2.45, 2.75) is 19.6 Å². The Morgan fingerprint density at radius 2 is 1.75 bits per heavy atom. The smallest absolute Gasteiger partial charge is 0.395 e. The van der Waals surface area contributed by atoms with Crippen LogP contribution < -0.4 is 4.74 Å². The van der Waals surface area contributed by atoms with E-state index in [1.54, 1.807) is 54.6 Å². The lowest BCUT2D eigenvalue weighted by atomic mass is 10.0. The summed E-state index contributed by atoms with van der Waals surface area (Å²) in [6, 6.07) is 14.9. The van der Waals surface area contributed by atoms with Gasteiger partial charge in [-0.3, -0.25) is 0 Å². The zero-order chi connectivity index (χ0) is 23.5. The topological polar surface area (TPSA) is 54.7 Å². The van der Waals surface area contributed by atoms with Crippen LogP contribution in [0.4, 0.5) is 18.0 Å². The van der Waals surface area contributed by atoms with Crippen molar-refractivity contribution in [3.05, 3.63) is 76.4 Å². The Morgan fingerprint density at radius 1 is 1.12 bits per heavy atom. The van der Waals surface area contributed by atoms with Gasteiger partial charge in [-0.25, -0.2) is 4.79 Å². The van der Waals surface area contributed by atoms with Crippen LogP contribution in [0.15, 0.2) is 54.6 Å². The number of amides is 1. The second kappa shape index (κ2) is 9.67. The average molecular weight is 467 g/mol. The van der Waals surface area contributed by atoms with Crippen molar-refractivity contribution < 1.29 is 27.8 Å². The summed E-state index contributed by atoms with van der Waals surface area (Å²) >= 11 is 5.95. The molecular formula is C23H22ClF3N2O3. The molecule has 0 atom stereocenters. The largest absolute Gasteiger partial charge is 0.431 e. The highest BCUT2D eigenvalue weighted by atomic mass is 35.5. The lowest BCUT2D eigenvalue weighted by Crippen LogP contribution is -2.33. The number of carbonyl (C=O) groups is 1. The van der Waals surface area contributed by atoms with E-state index < -0.39 is 18.0 Å². The maximum Gasteiger partial charge on any atom is 0.431 e. The van der Waals surface area contributed by atoms with E-state index in [0.29, 0.717) is 16.1 Å². The molecule has 0 aliphatic carbocycles. The SMILES string of the molecule is Cc1c(-c2ccc(Cl)cc2)c(OC(=O)N(C)CCO)n(Cc2ccccc2)c1C(F)(F)F. The summed E-state index contributed by atoms with van der Waals surface area (Å²) in [4.78, 5) is 13.7. The maximum atomic E-state index is 14.2. The minimum Gasteiger partial charge on any atom is -0.395 e. The molecule has 1 heterocycles. The number of alkyl halides is 3. The Labute approximate surface area is 188 Å². The van der Waals surface area contributed by atoms with E-state index in [2.05, 4.69) is 0 Å². The summed E-state index contributed by atoms with van der Waals surface area (Å²) in [7, 11) is 1.39. The normalized spacial score (nSPS) is 11.5. The minimum absolute atomic E-state index is 0.0282. The third kappa shape index (κ3) is 5.08. The molecule has 3 aromatic rings. The third-order valence-electron chi connectivity index (χ3n) is 4.98. The molecule has 1 amide bonds. The number of nitrogens with zero attached hydrogens (tertiary/aromatic N) is 2. The first kappa shape index (κ1) is 23.7. The monoisotopic (exact) mass is 466 g/mol. The van der Waals surface area contributed by atoms with Crippen molar-refractivity contribution in [2.75, 3.05) is 20.2 Å². The van der Waals surface area contributed by atoms with Gasteiger partial charge in [0.1, 0.15) is 5.69 Å². The molecule has 1 N–H and O–H groups in total. The number of aromatic nitrogens is 1. The zero-order valence-electron chi connectivity index (χ0n) is 17.5. The molecule has 0 fully saturated rings. The van der Waals surface area contributed by atoms with Crippen molar-refractivity contribution >= 4 is 17.7 Å². The summed E-state index contributed by atoms with van der Waals surface area (Å²) in [6.45, 7) is 0.854. The molecule has 0 saturated heterocycles. The summed E-state index contributed by atoms with van der Waals surface area (Å²) < 4.78 is 49.0. The van der Waals surface area contributed by atoms with E-state index >= 15 is 0 Å². The quantitative estimate of drug-likeness (QED) is 0.514. The molecule has 3 rings (SSSR count). The van der Waals surface area contributed by atoms with Crippen molar-refractivity contribution in [1.82, 2.24) is 9.47 Å². The molecule has 0 bridgehead atoms. The Balaban J connectivity index is 2.24. The Bertz CT molecular complexity index is 1080. The molecule has 0 unspecified atom stereocenters. The molecule has 1 aromatic heterocycles. The first-order chi connectivity index (χ1) is 15.1. The van der Waals surface area contributed by atoms with Crippen LogP contribution in [-0.4, -0.2) is 40.9 Å². The van der Waals surface area contributed by atoms with Gasteiger partial charge in [0.05, 0.1) is 13.2 Å². The van der Waals surface area contributed by atoms with Crippen LogP contribution in [0.25, 0.3) is 11.1 Å². The van der Waals surface area contributed by atoms with Gasteiger partial charge in [0.2, 0.25) is 5.88 Å². The van der Waals surface area contributed by atoms with Gasteiger partial charge in [-0.05, 0) is 35.7 Å². The van der Waals surface area contributed by atoms with Crippen LogP contribution in [-0.2, 0) is 12.7 Å². The number of carbonyl (C=O) groups excluding carboxylic acids is 1. The molecule has 0 spiro atoms. The number of halogens is 4. The first-order valence-electron chi connectivity index (χ1n) is 9.77. The zero-order valence-corrected chi connectivity index (χ0v) is 18.2. The number of hydrogen-bond acceptors (Lipinski definition) is 3. The Morgan fingerprint density at radius 3 is 2.31 bits per heavy atom. The molecule has 0 saturated carbocycles. The molecule has 0 radical (unpaired) electrons. The highest BCUT2D eigenvalue weighted by Gasteiger charge is 2.41. The van der Waals surface area contributed by atoms with Gasteiger partial charge in [0.15, 0.2) is 0 Å². The summed E-state index contributed by atoms with van der Waals surface area (Å²) in [5.41, 5.74) is 0.214. The molecule has 32 heavy (non-hydrogen) atoms. The highest BCUT2D eigenvalue weighted by Crippen LogP contribution is 2.45. The molecule has 9 heteroatoms. The first-order valence-corrected chi connectivity index (χ1v) is 10.1. The van der Waals surface area contributed by atoms with Crippen LogP contribution in [0.3, 0.4) is 0 Å². The van der Waals surface area contributed by atoms with Gasteiger partial charge in [-0.1, -0.05) is 54.1 Å². The molecule has 5 nitrogen and oxygen atoms in total. The standard InChI is InChI=1S/C23H22ClF3N2O3/c1-15-19(17-8-10-18(24)11-9-17)21(32-22(31)28(2)12-13-30)29(20(15)23(25,26)27)14-16-6-4-3-5-7-16/h3-11,30H,12-14H2,1-2H3. The van der Waals surface area contributed by atoms with Crippen LogP contribution in [0.2, 0.25) is 5.02 Å². The van der Waals surface area contributed by atoms with Crippen molar-refractivity contribution in [1.29, 1.82) is 0 Å². The Kier molecular flexibility index (Phi) is 7.16. The number of ether oxygens (including phenoxy) is 1. The van der Waals surface area contributed by atoms with E-state index in [1.165, 1.54) is 14.0 Å². The lowest BCUT2D eigenvalue weighted by Gasteiger charge is -2.19. The van der Waals surface area contributed by atoms with E-state index in [4.69, 9.17) is 21.4 Å². The number of benzene rings is 2. The van der Waals surface area contributed by atoms with Gasteiger partial charge >= 0.3 is 12.3 Å². The van der Waals surface area contributed by atoms with E-state index in [1.807, 2.05) is 0 Å². The van der Waals surface area contributed by atoms with Crippen molar-refractivity contribution in [3.8, 4) is 17.0 Å². The number of hydrogen-bond donors (Lipinski definition) is 1. The van der Waals surface area contributed by atoms with E-state index in [9.17, 15) is 18.0 Å². The number of likely N-dealkylation sites (N-methyl/N-ethyl adjacent to an activating group) is 1.